The van der Waals surface area contributed by atoms with Gasteiger partial charge in [-0.15, -0.1) is 0 Å². The lowest BCUT2D eigenvalue weighted by molar-refractivity contribution is 0.105. The van der Waals surface area contributed by atoms with Crippen LogP contribution in [0.2, 0.25) is 0 Å². The molecular weight excluding hydrogens is 335 g/mol. The van der Waals surface area contributed by atoms with Gasteiger partial charge < -0.3 is 24.7 Å². The van der Waals surface area contributed by atoms with Gasteiger partial charge in [0.15, 0.2) is 5.96 Å². The van der Waals surface area contributed by atoms with E-state index >= 15 is 0 Å². The molecule has 1 saturated heterocycles. The van der Waals surface area contributed by atoms with Crippen LogP contribution in [0.15, 0.2) is 52.1 Å². The number of furan rings is 1. The SMILES string of the molecule is NC(=NCCCOCc1ccco1)N1CCN(c2ccc(F)cc2)CC1. The summed E-state index contributed by atoms with van der Waals surface area (Å²) in [5.74, 6) is 1.19. The molecule has 0 saturated carbocycles. The standard InChI is InChI=1S/C19H25FN4O2/c20-16-4-6-17(7-5-16)23-9-11-24(12-10-23)19(21)22-8-2-13-25-15-18-3-1-14-26-18/h1,3-7,14H,2,8-13,15H2,(H2,21,22). The van der Waals surface area contributed by atoms with Gasteiger partial charge in [0, 0.05) is 45.0 Å². The molecular formula is C19H25FN4O2. The Hall–Kier alpha value is -2.54. The van der Waals surface area contributed by atoms with Gasteiger partial charge in [0.1, 0.15) is 18.2 Å². The minimum Gasteiger partial charge on any atom is -0.467 e. The molecule has 2 N–H and O–H groups in total. The lowest BCUT2D eigenvalue weighted by Crippen LogP contribution is -2.51. The second-order valence-electron chi connectivity index (χ2n) is 6.18. The van der Waals surface area contributed by atoms with E-state index in [9.17, 15) is 4.39 Å². The first-order valence-corrected chi connectivity index (χ1v) is 8.88. The van der Waals surface area contributed by atoms with Crippen molar-refractivity contribution in [2.45, 2.75) is 13.0 Å². The Morgan fingerprint density at radius 1 is 1.15 bits per heavy atom. The van der Waals surface area contributed by atoms with E-state index in [1.807, 2.05) is 24.3 Å². The van der Waals surface area contributed by atoms with Gasteiger partial charge in [0.05, 0.1) is 6.26 Å². The molecule has 1 aromatic carbocycles. The molecule has 140 valence electrons. The summed E-state index contributed by atoms with van der Waals surface area (Å²) in [6, 6.07) is 10.3. The highest BCUT2D eigenvalue weighted by Gasteiger charge is 2.18. The predicted molar refractivity (Wildman–Crippen MR) is 99.7 cm³/mol. The molecule has 0 atom stereocenters. The number of aliphatic imine (C=N–C) groups is 1. The van der Waals surface area contributed by atoms with Crippen LogP contribution in [0.4, 0.5) is 10.1 Å². The van der Waals surface area contributed by atoms with Crippen molar-refractivity contribution in [1.82, 2.24) is 4.90 Å². The minimum atomic E-state index is -0.211. The van der Waals surface area contributed by atoms with Crippen molar-refractivity contribution in [3.63, 3.8) is 0 Å². The predicted octanol–water partition coefficient (Wildman–Crippen LogP) is 2.46. The zero-order valence-electron chi connectivity index (χ0n) is 14.8. The Balaban J connectivity index is 1.34. The molecule has 0 radical (unpaired) electrons. The van der Waals surface area contributed by atoms with E-state index in [2.05, 4.69) is 14.8 Å². The molecule has 0 spiro atoms. The zero-order valence-corrected chi connectivity index (χ0v) is 14.8. The van der Waals surface area contributed by atoms with Crippen molar-refractivity contribution in [2.24, 2.45) is 10.7 Å². The number of guanidine groups is 1. The van der Waals surface area contributed by atoms with Crippen LogP contribution in [-0.2, 0) is 11.3 Å². The fraction of sp³-hybridized carbons (Fsp3) is 0.421. The summed E-state index contributed by atoms with van der Waals surface area (Å²) >= 11 is 0. The average Bonchev–Trinajstić information content (AvgIpc) is 3.19. The summed E-state index contributed by atoms with van der Waals surface area (Å²) in [6.45, 7) is 5.04. The highest BCUT2D eigenvalue weighted by molar-refractivity contribution is 5.78. The van der Waals surface area contributed by atoms with Gasteiger partial charge >= 0.3 is 0 Å². The lowest BCUT2D eigenvalue weighted by Gasteiger charge is -2.36. The van der Waals surface area contributed by atoms with E-state index in [4.69, 9.17) is 14.9 Å². The molecule has 1 fully saturated rings. The molecule has 0 bridgehead atoms. The molecule has 0 aliphatic carbocycles. The Kier molecular flexibility index (Phi) is 6.49. The second-order valence-corrected chi connectivity index (χ2v) is 6.18. The van der Waals surface area contributed by atoms with Gasteiger partial charge in [-0.3, -0.25) is 4.99 Å². The molecule has 3 rings (SSSR count). The van der Waals surface area contributed by atoms with Crippen molar-refractivity contribution < 1.29 is 13.5 Å². The molecule has 6 nitrogen and oxygen atoms in total. The number of hydrogen-bond donors (Lipinski definition) is 1. The summed E-state index contributed by atoms with van der Waals surface area (Å²) in [7, 11) is 0. The molecule has 1 aliphatic rings. The van der Waals surface area contributed by atoms with Gasteiger partial charge in [-0.1, -0.05) is 0 Å². The number of rotatable bonds is 7. The number of piperazine rings is 1. The van der Waals surface area contributed by atoms with Crippen molar-refractivity contribution in [1.29, 1.82) is 0 Å². The quantitative estimate of drug-likeness (QED) is 0.467. The van der Waals surface area contributed by atoms with Gasteiger partial charge in [-0.05, 0) is 42.8 Å². The maximum Gasteiger partial charge on any atom is 0.191 e. The van der Waals surface area contributed by atoms with Crippen LogP contribution in [0.1, 0.15) is 12.2 Å². The van der Waals surface area contributed by atoms with Crippen LogP contribution in [0.3, 0.4) is 0 Å². The van der Waals surface area contributed by atoms with Crippen LogP contribution in [0, 0.1) is 5.82 Å². The first-order valence-electron chi connectivity index (χ1n) is 8.88. The molecule has 1 aromatic heterocycles. The molecule has 7 heteroatoms. The molecule has 2 aromatic rings. The molecule has 26 heavy (non-hydrogen) atoms. The van der Waals surface area contributed by atoms with Crippen molar-refractivity contribution in [3.8, 4) is 0 Å². The van der Waals surface area contributed by atoms with E-state index in [-0.39, 0.29) is 5.82 Å². The highest BCUT2D eigenvalue weighted by atomic mass is 19.1. The monoisotopic (exact) mass is 360 g/mol. The van der Waals surface area contributed by atoms with Crippen molar-refractivity contribution >= 4 is 11.6 Å². The number of benzene rings is 1. The maximum absolute atomic E-state index is 13.0. The fourth-order valence-electron chi connectivity index (χ4n) is 2.87. The van der Waals surface area contributed by atoms with Crippen LogP contribution in [0.25, 0.3) is 0 Å². The van der Waals surface area contributed by atoms with E-state index in [1.165, 1.54) is 12.1 Å². The molecule has 0 unspecified atom stereocenters. The average molecular weight is 360 g/mol. The van der Waals surface area contributed by atoms with Crippen LogP contribution >= 0.6 is 0 Å². The summed E-state index contributed by atoms with van der Waals surface area (Å²) in [5.41, 5.74) is 7.13. The summed E-state index contributed by atoms with van der Waals surface area (Å²) in [5, 5.41) is 0. The zero-order chi connectivity index (χ0) is 18.2. The van der Waals surface area contributed by atoms with Crippen molar-refractivity contribution in [3.05, 3.63) is 54.2 Å². The third-order valence-electron chi connectivity index (χ3n) is 4.34. The van der Waals surface area contributed by atoms with Gasteiger partial charge in [-0.2, -0.15) is 0 Å². The number of anilines is 1. The van der Waals surface area contributed by atoms with E-state index < -0.39 is 0 Å². The first kappa shape index (κ1) is 18.3. The maximum atomic E-state index is 13.0. The number of hydrogen-bond acceptors (Lipinski definition) is 4. The third-order valence-corrected chi connectivity index (χ3v) is 4.34. The van der Waals surface area contributed by atoms with Gasteiger partial charge in [0.25, 0.3) is 0 Å². The normalized spacial score (nSPS) is 15.5. The molecule has 2 heterocycles. The largest absolute Gasteiger partial charge is 0.467 e. The number of nitrogens with two attached hydrogens (primary N) is 1. The Morgan fingerprint density at radius 2 is 1.92 bits per heavy atom. The van der Waals surface area contributed by atoms with Crippen LogP contribution in [-0.4, -0.2) is 50.2 Å². The van der Waals surface area contributed by atoms with E-state index in [0.29, 0.717) is 25.7 Å². The Labute approximate surface area is 153 Å². The highest BCUT2D eigenvalue weighted by Crippen LogP contribution is 2.16. The number of halogens is 1. The van der Waals surface area contributed by atoms with E-state index in [1.54, 1.807) is 6.26 Å². The number of ether oxygens (including phenoxy) is 1. The minimum absolute atomic E-state index is 0.211. The first-order chi connectivity index (χ1) is 12.7. The van der Waals surface area contributed by atoms with Gasteiger partial charge in [0.2, 0.25) is 0 Å². The number of nitrogens with zero attached hydrogens (tertiary/aromatic N) is 3. The van der Waals surface area contributed by atoms with Crippen molar-refractivity contribution in [2.75, 3.05) is 44.2 Å². The van der Waals surface area contributed by atoms with E-state index in [0.717, 1.165) is 44.0 Å². The van der Waals surface area contributed by atoms with Gasteiger partial charge in [-0.25, -0.2) is 4.39 Å². The second kappa shape index (κ2) is 9.24. The smallest absolute Gasteiger partial charge is 0.191 e. The molecule has 0 amide bonds. The third kappa shape index (κ3) is 5.23. The molecule has 1 aliphatic heterocycles. The fourth-order valence-corrected chi connectivity index (χ4v) is 2.87. The topological polar surface area (TPSA) is 67.2 Å². The Bertz CT molecular complexity index is 680. The summed E-state index contributed by atoms with van der Waals surface area (Å²) in [6.07, 6.45) is 2.45. The summed E-state index contributed by atoms with van der Waals surface area (Å²) in [4.78, 5) is 8.76. The van der Waals surface area contributed by atoms with Crippen LogP contribution < -0.4 is 10.6 Å². The Morgan fingerprint density at radius 3 is 2.62 bits per heavy atom. The van der Waals surface area contributed by atoms with Crippen LogP contribution in [0.5, 0.6) is 0 Å². The summed E-state index contributed by atoms with van der Waals surface area (Å²) < 4.78 is 23.7. The lowest BCUT2D eigenvalue weighted by atomic mass is 10.2.